The molecule has 96 valence electrons. The van der Waals surface area contributed by atoms with Crippen molar-refractivity contribution >= 4 is 0 Å². The second kappa shape index (κ2) is 8.08. The van der Waals surface area contributed by atoms with E-state index in [0.717, 1.165) is 31.5 Å². The van der Waals surface area contributed by atoms with Crippen LogP contribution in [0.25, 0.3) is 0 Å². The van der Waals surface area contributed by atoms with Crippen LogP contribution < -0.4 is 5.73 Å². The quantitative estimate of drug-likeness (QED) is 0.677. The smallest absolute Gasteiger partial charge is 0.0480 e. The lowest BCUT2D eigenvalue weighted by molar-refractivity contribution is 0.109. The van der Waals surface area contributed by atoms with Crippen molar-refractivity contribution in [3.8, 4) is 0 Å². The van der Waals surface area contributed by atoms with Gasteiger partial charge in [-0.2, -0.15) is 0 Å². The van der Waals surface area contributed by atoms with Crippen LogP contribution in [0.2, 0.25) is 0 Å². The van der Waals surface area contributed by atoms with Crippen LogP contribution in [0.5, 0.6) is 0 Å². The maximum absolute atomic E-state index is 6.21. The van der Waals surface area contributed by atoms with Crippen LogP contribution in [0.1, 0.15) is 58.8 Å². The molecule has 0 heterocycles. The minimum atomic E-state index is 0.374. The molecule has 2 nitrogen and oxygen atoms in total. The van der Waals surface area contributed by atoms with Gasteiger partial charge in [-0.05, 0) is 37.5 Å². The van der Waals surface area contributed by atoms with Crippen molar-refractivity contribution < 1.29 is 4.74 Å². The SMILES string of the molecule is CC(C)CCOCCC(N)C1CCCCC1. The van der Waals surface area contributed by atoms with Gasteiger partial charge in [0, 0.05) is 19.3 Å². The predicted molar refractivity (Wildman–Crippen MR) is 69.4 cm³/mol. The second-order valence-electron chi connectivity index (χ2n) is 5.65. The zero-order valence-electron chi connectivity index (χ0n) is 11.1. The van der Waals surface area contributed by atoms with Gasteiger partial charge in [0.2, 0.25) is 0 Å². The summed E-state index contributed by atoms with van der Waals surface area (Å²) >= 11 is 0. The molecule has 1 atom stereocenters. The summed E-state index contributed by atoms with van der Waals surface area (Å²) in [6, 6.07) is 0.374. The molecule has 1 aliphatic rings. The molecule has 2 heteroatoms. The van der Waals surface area contributed by atoms with Crippen molar-refractivity contribution in [2.75, 3.05) is 13.2 Å². The lowest BCUT2D eigenvalue weighted by atomic mass is 9.83. The highest BCUT2D eigenvalue weighted by Crippen LogP contribution is 2.26. The molecule has 1 aliphatic carbocycles. The minimum absolute atomic E-state index is 0.374. The maximum atomic E-state index is 6.21. The Morgan fingerprint density at radius 1 is 1.06 bits per heavy atom. The summed E-state index contributed by atoms with van der Waals surface area (Å²) < 4.78 is 5.63. The van der Waals surface area contributed by atoms with E-state index in [0.29, 0.717) is 6.04 Å². The summed E-state index contributed by atoms with van der Waals surface area (Å²) in [6.45, 7) is 6.22. The first-order chi connectivity index (χ1) is 7.70. The minimum Gasteiger partial charge on any atom is -0.381 e. The van der Waals surface area contributed by atoms with Crippen LogP contribution >= 0.6 is 0 Å². The van der Waals surface area contributed by atoms with Gasteiger partial charge in [0.25, 0.3) is 0 Å². The summed E-state index contributed by atoms with van der Waals surface area (Å²) in [5, 5.41) is 0. The molecule has 2 N–H and O–H groups in total. The molecule has 0 aliphatic heterocycles. The van der Waals surface area contributed by atoms with E-state index in [2.05, 4.69) is 13.8 Å². The third-order valence-corrected chi connectivity index (χ3v) is 3.69. The molecule has 0 aromatic rings. The summed E-state index contributed by atoms with van der Waals surface area (Å²) in [5.41, 5.74) is 6.21. The summed E-state index contributed by atoms with van der Waals surface area (Å²) in [5.74, 6) is 1.51. The largest absolute Gasteiger partial charge is 0.381 e. The normalized spacial score (nSPS) is 20.2. The fourth-order valence-corrected chi connectivity index (χ4v) is 2.44. The van der Waals surface area contributed by atoms with E-state index in [1.165, 1.54) is 38.5 Å². The first-order valence-electron chi connectivity index (χ1n) is 7.03. The molecule has 0 spiro atoms. The molecule has 0 aromatic heterocycles. The Hall–Kier alpha value is -0.0800. The van der Waals surface area contributed by atoms with Gasteiger partial charge in [-0.1, -0.05) is 33.1 Å². The van der Waals surface area contributed by atoms with Crippen molar-refractivity contribution in [2.45, 2.75) is 64.8 Å². The number of rotatable bonds is 7. The molecule has 0 bridgehead atoms. The van der Waals surface area contributed by atoms with Gasteiger partial charge >= 0.3 is 0 Å². The van der Waals surface area contributed by atoms with Crippen LogP contribution in [0, 0.1) is 11.8 Å². The average Bonchev–Trinajstić information content (AvgIpc) is 2.29. The van der Waals surface area contributed by atoms with Gasteiger partial charge in [-0.15, -0.1) is 0 Å². The number of hydrogen-bond donors (Lipinski definition) is 1. The van der Waals surface area contributed by atoms with Crippen LogP contribution in [-0.4, -0.2) is 19.3 Å². The van der Waals surface area contributed by atoms with Crippen molar-refractivity contribution in [2.24, 2.45) is 17.6 Å². The van der Waals surface area contributed by atoms with E-state index in [-0.39, 0.29) is 0 Å². The Morgan fingerprint density at radius 2 is 1.69 bits per heavy atom. The van der Waals surface area contributed by atoms with Crippen molar-refractivity contribution in [1.82, 2.24) is 0 Å². The molecular formula is C14H29NO. The lowest BCUT2D eigenvalue weighted by Crippen LogP contribution is -2.32. The fraction of sp³-hybridized carbons (Fsp3) is 1.00. The molecular weight excluding hydrogens is 198 g/mol. The molecule has 0 saturated heterocycles. The first kappa shape index (κ1) is 14.0. The first-order valence-corrected chi connectivity index (χ1v) is 7.03. The lowest BCUT2D eigenvalue weighted by Gasteiger charge is -2.27. The van der Waals surface area contributed by atoms with Crippen LogP contribution in [0.15, 0.2) is 0 Å². The van der Waals surface area contributed by atoms with E-state index >= 15 is 0 Å². The number of hydrogen-bond acceptors (Lipinski definition) is 2. The highest BCUT2D eigenvalue weighted by atomic mass is 16.5. The molecule has 1 fully saturated rings. The van der Waals surface area contributed by atoms with Crippen LogP contribution in [-0.2, 0) is 4.74 Å². The van der Waals surface area contributed by atoms with E-state index in [9.17, 15) is 0 Å². The van der Waals surface area contributed by atoms with Gasteiger partial charge in [-0.3, -0.25) is 0 Å². The molecule has 0 aromatic carbocycles. The molecule has 16 heavy (non-hydrogen) atoms. The maximum Gasteiger partial charge on any atom is 0.0480 e. The standard InChI is InChI=1S/C14H29NO/c1-12(2)8-10-16-11-9-14(15)13-6-4-3-5-7-13/h12-14H,3-11,15H2,1-2H3. The molecule has 1 unspecified atom stereocenters. The summed E-state index contributed by atoms with van der Waals surface area (Å²) in [7, 11) is 0. The Labute approximate surface area is 101 Å². The Morgan fingerprint density at radius 3 is 2.31 bits per heavy atom. The van der Waals surface area contributed by atoms with Gasteiger partial charge in [-0.25, -0.2) is 0 Å². The zero-order chi connectivity index (χ0) is 11.8. The van der Waals surface area contributed by atoms with Crippen LogP contribution in [0.3, 0.4) is 0 Å². The van der Waals surface area contributed by atoms with Gasteiger partial charge < -0.3 is 10.5 Å². The monoisotopic (exact) mass is 227 g/mol. The zero-order valence-corrected chi connectivity index (χ0v) is 11.1. The number of nitrogens with two attached hydrogens (primary N) is 1. The fourth-order valence-electron chi connectivity index (χ4n) is 2.44. The Bertz CT molecular complexity index is 164. The number of ether oxygens (including phenoxy) is 1. The van der Waals surface area contributed by atoms with Crippen LogP contribution in [0.4, 0.5) is 0 Å². The van der Waals surface area contributed by atoms with Gasteiger partial charge in [0.1, 0.15) is 0 Å². The molecule has 1 rings (SSSR count). The van der Waals surface area contributed by atoms with E-state index < -0.39 is 0 Å². The van der Waals surface area contributed by atoms with Crippen molar-refractivity contribution in [1.29, 1.82) is 0 Å². The predicted octanol–water partition coefficient (Wildman–Crippen LogP) is 3.35. The van der Waals surface area contributed by atoms with Crippen molar-refractivity contribution in [3.63, 3.8) is 0 Å². The highest BCUT2D eigenvalue weighted by molar-refractivity contribution is 4.76. The summed E-state index contributed by atoms with van der Waals surface area (Å²) in [6.07, 6.45) is 9.06. The summed E-state index contributed by atoms with van der Waals surface area (Å²) in [4.78, 5) is 0. The second-order valence-corrected chi connectivity index (χ2v) is 5.65. The van der Waals surface area contributed by atoms with E-state index in [4.69, 9.17) is 10.5 Å². The Balaban J connectivity index is 1.98. The molecule has 1 saturated carbocycles. The van der Waals surface area contributed by atoms with Crippen molar-refractivity contribution in [3.05, 3.63) is 0 Å². The highest BCUT2D eigenvalue weighted by Gasteiger charge is 2.19. The topological polar surface area (TPSA) is 35.2 Å². The van der Waals surface area contributed by atoms with E-state index in [1.807, 2.05) is 0 Å². The third-order valence-electron chi connectivity index (χ3n) is 3.69. The third kappa shape index (κ3) is 5.86. The Kier molecular flexibility index (Phi) is 7.06. The molecule has 0 radical (unpaired) electrons. The van der Waals surface area contributed by atoms with Gasteiger partial charge in [0.05, 0.1) is 0 Å². The van der Waals surface area contributed by atoms with E-state index in [1.54, 1.807) is 0 Å². The molecule has 0 amide bonds. The average molecular weight is 227 g/mol. The van der Waals surface area contributed by atoms with Gasteiger partial charge in [0.15, 0.2) is 0 Å².